The topological polar surface area (TPSA) is 204 Å². The van der Waals surface area contributed by atoms with Gasteiger partial charge in [-0.15, -0.1) is 5.70 Å². The standard InChI is InChI=1S/C37H36F3N4.C18H11N3O6.CNS.Ru/c1-35(2,3)27-12-18-30(19-13-27)44(31-20-14-28(15-21-31)36(4,5)6)29-16-9-25(10-17-29)7-8-26-11-22-33(43-24-26)32(41)23-34(42)37(38,39)40;22-9-25-12-1-3-19-15(5-12)17-7-14(27-11-24)8-18(21-17)16-6-13(26-10-23)2-4-20-16;2-1-3;/h9-24,41-42H,1-6H3;1-11H;;/q-1;;-1;+2/b32-23-,42-34?;;;. The number of hydrogen-bond acceptors (Lipinski definition) is 13. The number of carbonyl (C=O) groups is 3. The molecule has 0 atom stereocenters. The van der Waals surface area contributed by atoms with Gasteiger partial charge in [-0.1, -0.05) is 89.9 Å². The van der Waals surface area contributed by atoms with Crippen molar-refractivity contribution < 1.29 is 61.2 Å². The van der Waals surface area contributed by atoms with Crippen molar-refractivity contribution in [2.75, 3.05) is 4.90 Å². The van der Waals surface area contributed by atoms with Gasteiger partial charge in [-0.2, -0.15) is 18.3 Å². The normalized spacial score (nSPS) is 10.9. The van der Waals surface area contributed by atoms with E-state index in [1.54, 1.807) is 6.07 Å². The Morgan fingerprint density at radius 2 is 1.00 bits per heavy atom. The third-order valence-corrected chi connectivity index (χ3v) is 10.4. The van der Waals surface area contributed by atoms with E-state index in [0.717, 1.165) is 22.6 Å². The summed E-state index contributed by atoms with van der Waals surface area (Å²) < 4.78 is 52.4. The molecule has 0 amide bonds. The van der Waals surface area contributed by atoms with Gasteiger partial charge in [0.25, 0.3) is 19.4 Å². The monoisotopic (exact) mass is 1120 g/mol. The summed E-state index contributed by atoms with van der Waals surface area (Å²) in [4.78, 5) is 50.9. The Balaban J connectivity index is 0.000000335. The molecule has 7 aromatic rings. The summed E-state index contributed by atoms with van der Waals surface area (Å²) in [7, 11) is 0. The third-order valence-electron chi connectivity index (χ3n) is 10.4. The van der Waals surface area contributed by atoms with Gasteiger partial charge in [-0.05, 0) is 101 Å². The van der Waals surface area contributed by atoms with E-state index in [1.807, 2.05) is 24.3 Å². The average Bonchev–Trinajstić information content (AvgIpc) is 3.37. The summed E-state index contributed by atoms with van der Waals surface area (Å²) in [5, 5.41) is 15.5. The summed E-state index contributed by atoms with van der Waals surface area (Å²) in [6, 6.07) is 37.2. The molecule has 0 bridgehead atoms. The molecule has 0 fully saturated rings. The molecule has 2 N–H and O–H groups in total. The van der Waals surface area contributed by atoms with Crippen LogP contribution in [0.1, 0.15) is 69.5 Å². The predicted molar refractivity (Wildman–Crippen MR) is 282 cm³/mol. The Morgan fingerprint density at radius 1 is 0.613 bits per heavy atom. The number of halogens is 3. The number of pyridine rings is 4. The molecule has 0 radical (unpaired) electrons. The molecule has 3 aromatic carbocycles. The number of carbonyl (C=O) groups excluding carboxylic acids is 3. The molecule has 0 aliphatic rings. The van der Waals surface area contributed by atoms with Gasteiger partial charge in [-0.25, -0.2) is 4.98 Å². The first-order valence-corrected chi connectivity index (χ1v) is 22.5. The van der Waals surface area contributed by atoms with Crippen molar-refractivity contribution in [2.24, 2.45) is 0 Å². The van der Waals surface area contributed by atoms with Gasteiger partial charge in [-0.3, -0.25) is 34.7 Å². The van der Waals surface area contributed by atoms with Crippen molar-refractivity contribution in [3.8, 4) is 51.9 Å². The maximum atomic E-state index is 12.6. The smallest absolute Gasteiger partial charge is 0.753 e. The Bertz CT molecular complexity index is 3090. The van der Waals surface area contributed by atoms with Gasteiger partial charge in [0.2, 0.25) is 0 Å². The minimum atomic E-state index is -4.81. The van der Waals surface area contributed by atoms with Crippen molar-refractivity contribution in [1.82, 2.24) is 19.9 Å². The summed E-state index contributed by atoms with van der Waals surface area (Å²) in [6.07, 6.45) is -0.0753. The van der Waals surface area contributed by atoms with Gasteiger partial charge in [0.1, 0.15) is 23.0 Å². The van der Waals surface area contributed by atoms with E-state index in [1.165, 1.54) is 77.3 Å². The number of isothiocyanates is 1. The summed E-state index contributed by atoms with van der Waals surface area (Å²) in [5.74, 6) is 6.88. The SMILES string of the molecule is CC(C)(C)c1ccc(N(c2ccc(C#Cc3ccc(/C([NH-])=C/C(=N)C(F)(F)F)nc3)cc2)c2ccc(C(C)(C)C)cc2)cc1.O=COc1ccnc(-c2cc(OC=O)cc(-c3cc(OC=O)ccn3)n2)c1.[N-]=C=S.[Ru+2]. The Morgan fingerprint density at radius 3 is 1.39 bits per heavy atom. The zero-order valence-electron chi connectivity index (χ0n) is 41.1. The van der Waals surface area contributed by atoms with Crippen LogP contribution < -0.4 is 19.1 Å². The molecule has 0 aliphatic carbocycles. The van der Waals surface area contributed by atoms with Crippen LogP contribution in [0.3, 0.4) is 0 Å². The summed E-state index contributed by atoms with van der Waals surface area (Å²) in [5.41, 5.74) is 14.2. The average molecular weight is 1120 g/mol. The van der Waals surface area contributed by atoms with E-state index >= 15 is 0 Å². The van der Waals surface area contributed by atoms with Gasteiger partial charge in [0.05, 0.1) is 22.8 Å². The quantitative estimate of drug-likeness (QED) is 0.0377. The van der Waals surface area contributed by atoms with Crippen LogP contribution in [0.15, 0.2) is 146 Å². The van der Waals surface area contributed by atoms with E-state index < -0.39 is 17.6 Å². The minimum absolute atomic E-state index is 0. The first-order chi connectivity index (χ1) is 35.2. The number of allylic oxidation sites excluding steroid dienone is 1. The third kappa shape index (κ3) is 17.3. The fourth-order valence-electron chi connectivity index (χ4n) is 6.69. The van der Waals surface area contributed by atoms with Crippen LogP contribution in [0, 0.1) is 17.3 Å². The van der Waals surface area contributed by atoms with E-state index in [0.29, 0.717) is 47.4 Å². The molecule has 4 heterocycles. The van der Waals surface area contributed by atoms with Gasteiger partial charge >= 0.3 is 25.7 Å². The number of hydrogen-bond donors (Lipinski definition) is 1. The number of ether oxygens (including phenoxy) is 3. The fourth-order valence-corrected chi connectivity index (χ4v) is 6.69. The molecule has 4 aromatic heterocycles. The summed E-state index contributed by atoms with van der Waals surface area (Å²) in [6.45, 7) is 14.1. The fraction of sp³-hybridized carbons (Fsp3) is 0.161. The van der Waals surface area contributed by atoms with Crippen molar-refractivity contribution in [3.05, 3.63) is 185 Å². The largest absolute Gasteiger partial charge is 2.00 e. The molecule has 0 spiro atoms. The second-order valence-electron chi connectivity index (χ2n) is 17.7. The molecule has 19 heteroatoms. The van der Waals surface area contributed by atoms with Crippen molar-refractivity contribution in [2.45, 2.75) is 58.5 Å². The molecule has 14 nitrogen and oxygen atoms in total. The van der Waals surface area contributed by atoms with E-state index in [-0.39, 0.29) is 59.7 Å². The molecule has 0 unspecified atom stereocenters. The number of benzene rings is 3. The number of nitrogens with one attached hydrogen (secondary N) is 2. The maximum absolute atomic E-state index is 12.6. The maximum Gasteiger partial charge on any atom is 2.00 e. The van der Waals surface area contributed by atoms with Crippen LogP contribution >= 0.6 is 12.2 Å². The first-order valence-electron chi connectivity index (χ1n) is 22.1. The summed E-state index contributed by atoms with van der Waals surface area (Å²) >= 11 is 3.70. The Hall–Kier alpha value is -8.55. The van der Waals surface area contributed by atoms with Crippen LogP contribution in [0.25, 0.3) is 39.6 Å². The molecule has 0 saturated carbocycles. The molecule has 0 aliphatic heterocycles. The van der Waals surface area contributed by atoms with Gasteiger partial charge in [0.15, 0.2) is 0 Å². The van der Waals surface area contributed by atoms with E-state index in [2.05, 4.69) is 139 Å². The van der Waals surface area contributed by atoms with Crippen LogP contribution in [0.2, 0.25) is 0 Å². The molecule has 7 rings (SSSR count). The van der Waals surface area contributed by atoms with Crippen molar-refractivity contribution in [3.63, 3.8) is 0 Å². The van der Waals surface area contributed by atoms with Gasteiger partial charge in [0, 0.05) is 76.7 Å². The minimum Gasteiger partial charge on any atom is -0.753 e. The van der Waals surface area contributed by atoms with Crippen LogP contribution in [-0.2, 0) is 44.7 Å². The van der Waals surface area contributed by atoms with Crippen molar-refractivity contribution >= 4 is 65.3 Å². The number of aromatic nitrogens is 4. The zero-order valence-corrected chi connectivity index (χ0v) is 43.7. The van der Waals surface area contributed by atoms with Crippen molar-refractivity contribution in [1.29, 1.82) is 5.41 Å². The number of thiocarbonyl (C=S) groups is 1. The Kier molecular flexibility index (Phi) is 21.2. The number of anilines is 3. The zero-order chi connectivity index (χ0) is 54.1. The molecular formula is C56H47F3N8O6RuS. The first kappa shape index (κ1) is 59.0. The van der Waals surface area contributed by atoms with E-state index in [9.17, 15) is 27.6 Å². The number of alkyl halides is 3. The molecule has 75 heavy (non-hydrogen) atoms. The predicted octanol–water partition coefficient (Wildman–Crippen LogP) is 13.0. The Labute approximate surface area is 450 Å². The number of rotatable bonds is 13. The second kappa shape index (κ2) is 26.9. The molecular weight excluding hydrogens is 1070 g/mol. The van der Waals surface area contributed by atoms with Crippen LogP contribution in [0.4, 0.5) is 30.2 Å². The van der Waals surface area contributed by atoms with Gasteiger partial charge < -0.3 is 30.3 Å². The van der Waals surface area contributed by atoms with Crippen LogP contribution in [0.5, 0.6) is 17.2 Å². The molecule has 0 saturated heterocycles. The number of nitrogens with zero attached hydrogens (tertiary/aromatic N) is 6. The van der Waals surface area contributed by atoms with Crippen LogP contribution in [-0.4, -0.2) is 56.4 Å². The molecule has 382 valence electrons. The van der Waals surface area contributed by atoms with E-state index in [4.69, 9.17) is 30.8 Å². The second-order valence-corrected chi connectivity index (χ2v) is 17.9.